The van der Waals surface area contributed by atoms with Gasteiger partial charge < -0.3 is 15.1 Å². The zero-order valence-electron chi connectivity index (χ0n) is 13.8. The maximum Gasteiger partial charge on any atom is 0.335 e. The normalized spacial score (nSPS) is 18.1. The molecule has 2 N–H and O–H groups in total. The van der Waals surface area contributed by atoms with E-state index in [0.717, 1.165) is 18.4 Å². The first-order valence-corrected chi connectivity index (χ1v) is 8.43. The molecule has 1 amide bonds. The molecule has 25 heavy (non-hydrogen) atoms. The standard InChI is InChI=1S/C20H21NO4/c22-18(14-6-2-1-3-7-14)13-17-10-5-11-21(17)19(23)15-8-4-9-16(12-15)20(24)25/h1-4,6-9,12,17-18,22H,5,10-11,13H2,(H,24,25)/t17-,18-/m0/s1. The predicted molar refractivity (Wildman–Crippen MR) is 93.5 cm³/mol. The van der Waals surface area contributed by atoms with E-state index in [9.17, 15) is 14.7 Å². The van der Waals surface area contributed by atoms with Crippen LogP contribution < -0.4 is 0 Å². The lowest BCUT2D eigenvalue weighted by Gasteiger charge is -2.27. The number of nitrogens with zero attached hydrogens (tertiary/aromatic N) is 1. The summed E-state index contributed by atoms with van der Waals surface area (Å²) in [7, 11) is 0. The highest BCUT2D eigenvalue weighted by Gasteiger charge is 2.31. The predicted octanol–water partition coefficient (Wildman–Crippen LogP) is 3.11. The average molecular weight is 339 g/mol. The topological polar surface area (TPSA) is 77.8 Å². The van der Waals surface area contributed by atoms with Crippen molar-refractivity contribution >= 4 is 11.9 Å². The van der Waals surface area contributed by atoms with E-state index in [0.29, 0.717) is 18.5 Å². The summed E-state index contributed by atoms with van der Waals surface area (Å²) in [5.41, 5.74) is 1.32. The van der Waals surface area contributed by atoms with Crippen molar-refractivity contribution in [3.05, 3.63) is 71.3 Å². The largest absolute Gasteiger partial charge is 0.478 e. The molecule has 1 fully saturated rings. The molecule has 2 aromatic rings. The van der Waals surface area contributed by atoms with Crippen LogP contribution in [0.3, 0.4) is 0 Å². The quantitative estimate of drug-likeness (QED) is 0.877. The third kappa shape index (κ3) is 3.88. The molecule has 2 aromatic carbocycles. The van der Waals surface area contributed by atoms with Crippen LogP contribution in [0.25, 0.3) is 0 Å². The highest BCUT2D eigenvalue weighted by molar-refractivity contribution is 5.97. The molecule has 1 saturated heterocycles. The van der Waals surface area contributed by atoms with Crippen LogP contribution in [0.5, 0.6) is 0 Å². The lowest BCUT2D eigenvalue weighted by atomic mass is 10.00. The number of aliphatic hydroxyl groups is 1. The number of carboxylic acids is 1. The van der Waals surface area contributed by atoms with Crippen LogP contribution in [-0.2, 0) is 0 Å². The van der Waals surface area contributed by atoms with Crippen molar-refractivity contribution in [2.45, 2.75) is 31.4 Å². The number of carbonyl (C=O) groups excluding carboxylic acids is 1. The summed E-state index contributed by atoms with van der Waals surface area (Å²) < 4.78 is 0. The fourth-order valence-electron chi connectivity index (χ4n) is 3.37. The maximum atomic E-state index is 12.8. The number of aromatic carboxylic acids is 1. The number of rotatable bonds is 5. The Morgan fingerprint density at radius 3 is 2.52 bits per heavy atom. The second-order valence-electron chi connectivity index (χ2n) is 6.34. The maximum absolute atomic E-state index is 12.8. The van der Waals surface area contributed by atoms with Gasteiger partial charge in [-0.15, -0.1) is 0 Å². The fraction of sp³-hybridized carbons (Fsp3) is 0.300. The Labute approximate surface area is 146 Å². The van der Waals surface area contributed by atoms with E-state index in [4.69, 9.17) is 5.11 Å². The summed E-state index contributed by atoms with van der Waals surface area (Å²) in [6.07, 6.45) is 1.59. The van der Waals surface area contributed by atoms with Gasteiger partial charge in [-0.25, -0.2) is 4.79 Å². The molecule has 5 heteroatoms. The van der Waals surface area contributed by atoms with Crippen LogP contribution in [0.4, 0.5) is 0 Å². The van der Waals surface area contributed by atoms with E-state index >= 15 is 0 Å². The molecule has 0 aliphatic carbocycles. The summed E-state index contributed by atoms with van der Waals surface area (Å²) in [4.78, 5) is 25.7. The van der Waals surface area contributed by atoms with Gasteiger partial charge in [0.25, 0.3) is 5.91 Å². The smallest absolute Gasteiger partial charge is 0.335 e. The Bertz CT molecular complexity index is 759. The second-order valence-corrected chi connectivity index (χ2v) is 6.34. The summed E-state index contributed by atoms with van der Waals surface area (Å²) in [5.74, 6) is -1.22. The first kappa shape index (κ1) is 17.2. The molecule has 2 atom stereocenters. The van der Waals surface area contributed by atoms with Crippen LogP contribution in [0.1, 0.15) is 51.6 Å². The Morgan fingerprint density at radius 2 is 1.80 bits per heavy atom. The van der Waals surface area contributed by atoms with Crippen LogP contribution >= 0.6 is 0 Å². The van der Waals surface area contributed by atoms with Gasteiger partial charge in [0.05, 0.1) is 11.7 Å². The highest BCUT2D eigenvalue weighted by Crippen LogP contribution is 2.28. The van der Waals surface area contributed by atoms with E-state index in [2.05, 4.69) is 0 Å². The highest BCUT2D eigenvalue weighted by atomic mass is 16.4. The van der Waals surface area contributed by atoms with Crippen molar-refractivity contribution in [1.82, 2.24) is 4.90 Å². The van der Waals surface area contributed by atoms with Crippen molar-refractivity contribution in [1.29, 1.82) is 0 Å². The van der Waals surface area contributed by atoms with Crippen LogP contribution in [0, 0.1) is 0 Å². The first-order valence-electron chi connectivity index (χ1n) is 8.43. The van der Waals surface area contributed by atoms with Gasteiger partial charge >= 0.3 is 5.97 Å². The molecule has 0 unspecified atom stereocenters. The third-order valence-electron chi connectivity index (χ3n) is 4.67. The van der Waals surface area contributed by atoms with Crippen LogP contribution in [0.2, 0.25) is 0 Å². The average Bonchev–Trinajstić information content (AvgIpc) is 3.10. The number of amides is 1. The SMILES string of the molecule is O=C(O)c1cccc(C(=O)N2CCC[C@H]2C[C@H](O)c2ccccc2)c1. The van der Waals surface area contributed by atoms with Gasteiger partial charge in [0, 0.05) is 18.2 Å². The third-order valence-corrected chi connectivity index (χ3v) is 4.67. The molecule has 3 rings (SSSR count). The molecule has 1 heterocycles. The van der Waals surface area contributed by atoms with Gasteiger partial charge in [-0.05, 0) is 43.0 Å². The summed E-state index contributed by atoms with van der Waals surface area (Å²) in [6, 6.07) is 15.5. The molecule has 0 saturated carbocycles. The molecule has 0 aromatic heterocycles. The number of hydrogen-bond acceptors (Lipinski definition) is 3. The van der Waals surface area contributed by atoms with E-state index in [-0.39, 0.29) is 17.5 Å². The minimum atomic E-state index is -1.05. The second kappa shape index (κ2) is 7.49. The summed E-state index contributed by atoms with van der Waals surface area (Å²) in [5, 5.41) is 19.5. The van der Waals surface area contributed by atoms with Crippen molar-refractivity contribution in [2.24, 2.45) is 0 Å². The summed E-state index contributed by atoms with van der Waals surface area (Å²) in [6.45, 7) is 0.627. The number of aliphatic hydroxyl groups excluding tert-OH is 1. The van der Waals surface area contributed by atoms with Gasteiger partial charge in [-0.3, -0.25) is 4.79 Å². The first-order chi connectivity index (χ1) is 12.1. The molecule has 0 bridgehead atoms. The molecule has 1 aliphatic heterocycles. The number of benzene rings is 2. The monoisotopic (exact) mass is 339 g/mol. The van der Waals surface area contributed by atoms with E-state index < -0.39 is 12.1 Å². The number of carbonyl (C=O) groups is 2. The Kier molecular flexibility index (Phi) is 5.14. The van der Waals surface area contributed by atoms with Crippen LogP contribution in [-0.4, -0.2) is 39.6 Å². The molecule has 1 aliphatic rings. The molecular formula is C20H21NO4. The lowest BCUT2D eigenvalue weighted by molar-refractivity contribution is 0.0667. The molecule has 0 spiro atoms. The minimum absolute atomic E-state index is 0.0452. The van der Waals surface area contributed by atoms with Crippen molar-refractivity contribution < 1.29 is 19.8 Å². The Hall–Kier alpha value is -2.66. The van der Waals surface area contributed by atoms with E-state index in [1.165, 1.54) is 12.1 Å². The number of hydrogen-bond donors (Lipinski definition) is 2. The van der Waals surface area contributed by atoms with Gasteiger partial charge in [0.2, 0.25) is 0 Å². The zero-order valence-corrected chi connectivity index (χ0v) is 13.8. The molecule has 130 valence electrons. The Balaban J connectivity index is 1.74. The summed E-state index contributed by atoms with van der Waals surface area (Å²) >= 11 is 0. The molecule has 0 radical (unpaired) electrons. The van der Waals surface area contributed by atoms with Crippen molar-refractivity contribution in [2.75, 3.05) is 6.54 Å². The van der Waals surface area contributed by atoms with Crippen molar-refractivity contribution in [3.63, 3.8) is 0 Å². The van der Waals surface area contributed by atoms with Crippen molar-refractivity contribution in [3.8, 4) is 0 Å². The van der Waals surface area contributed by atoms with Gasteiger partial charge in [-0.1, -0.05) is 36.4 Å². The zero-order chi connectivity index (χ0) is 17.8. The minimum Gasteiger partial charge on any atom is -0.478 e. The number of likely N-dealkylation sites (tertiary alicyclic amines) is 1. The van der Waals surface area contributed by atoms with Gasteiger partial charge in [-0.2, -0.15) is 0 Å². The molecule has 5 nitrogen and oxygen atoms in total. The number of carboxylic acid groups (broad SMARTS) is 1. The Morgan fingerprint density at radius 1 is 1.08 bits per heavy atom. The van der Waals surface area contributed by atoms with Gasteiger partial charge in [0.15, 0.2) is 0 Å². The van der Waals surface area contributed by atoms with Crippen LogP contribution in [0.15, 0.2) is 54.6 Å². The lowest BCUT2D eigenvalue weighted by Crippen LogP contribution is -2.36. The fourth-order valence-corrected chi connectivity index (χ4v) is 3.37. The van der Waals surface area contributed by atoms with E-state index in [1.54, 1.807) is 17.0 Å². The van der Waals surface area contributed by atoms with Gasteiger partial charge in [0.1, 0.15) is 0 Å². The van der Waals surface area contributed by atoms with E-state index in [1.807, 2.05) is 30.3 Å². The molecular weight excluding hydrogens is 318 g/mol.